The average Bonchev–Trinajstić information content (AvgIpc) is 3.45. The Morgan fingerprint density at radius 2 is 2.13 bits per heavy atom. The molecule has 0 bridgehead atoms. The Labute approximate surface area is 182 Å². The Bertz CT molecular complexity index is 1210. The summed E-state index contributed by atoms with van der Waals surface area (Å²) in [5, 5.41) is 18.7. The SMILES string of the molecule is C=C/C=C(\C=C/C)C(/C#N)=C\c1c[nH]c2ncc(-c3cnn(C4CCNCC4)c3)cc12. The van der Waals surface area contributed by atoms with Crippen molar-refractivity contribution in [1.29, 1.82) is 5.26 Å². The van der Waals surface area contributed by atoms with E-state index in [1.165, 1.54) is 0 Å². The van der Waals surface area contributed by atoms with Crippen LogP contribution in [0.15, 0.2) is 72.9 Å². The molecule has 3 aromatic rings. The fourth-order valence-corrected chi connectivity index (χ4v) is 3.94. The molecule has 0 unspecified atom stereocenters. The Morgan fingerprint density at radius 1 is 1.29 bits per heavy atom. The fourth-order valence-electron chi connectivity index (χ4n) is 3.94. The highest BCUT2D eigenvalue weighted by Gasteiger charge is 2.16. The summed E-state index contributed by atoms with van der Waals surface area (Å²) in [4.78, 5) is 7.80. The standard InChI is InChI=1S/C25H26N6/c1-3-5-18(6-4-2)19(13-26)11-21-15-29-25-24(21)12-20(14-28-25)22-16-30-31(17-22)23-7-9-27-10-8-23/h3-6,11-12,14-17,23,27H,1,7-10H2,2H3,(H,28,29)/b6-4-,18-5+,19-11-. The van der Waals surface area contributed by atoms with E-state index in [1.54, 1.807) is 6.08 Å². The summed E-state index contributed by atoms with van der Waals surface area (Å²) >= 11 is 0. The summed E-state index contributed by atoms with van der Waals surface area (Å²) in [7, 11) is 0. The number of allylic oxidation sites excluding steroid dienone is 6. The van der Waals surface area contributed by atoms with Crippen LogP contribution < -0.4 is 5.32 Å². The maximum atomic E-state index is 9.71. The second-order valence-electron chi connectivity index (χ2n) is 7.58. The van der Waals surface area contributed by atoms with Crippen molar-refractivity contribution in [1.82, 2.24) is 25.1 Å². The van der Waals surface area contributed by atoms with Crippen molar-refractivity contribution in [2.75, 3.05) is 13.1 Å². The zero-order chi connectivity index (χ0) is 21.6. The molecule has 0 aliphatic carbocycles. The number of nitrogens with one attached hydrogen (secondary N) is 2. The van der Waals surface area contributed by atoms with Gasteiger partial charge in [0.1, 0.15) is 5.65 Å². The van der Waals surface area contributed by atoms with Gasteiger partial charge < -0.3 is 10.3 Å². The van der Waals surface area contributed by atoms with Crippen LogP contribution in [-0.4, -0.2) is 32.8 Å². The first-order chi connectivity index (χ1) is 15.2. The number of aromatic nitrogens is 4. The monoisotopic (exact) mass is 410 g/mol. The number of hydrogen-bond donors (Lipinski definition) is 2. The predicted octanol–water partition coefficient (Wildman–Crippen LogP) is 4.95. The highest BCUT2D eigenvalue weighted by molar-refractivity contribution is 5.91. The Morgan fingerprint density at radius 3 is 2.87 bits per heavy atom. The number of piperidine rings is 1. The van der Waals surface area contributed by atoms with Crippen LogP contribution in [0.4, 0.5) is 0 Å². The molecule has 1 aliphatic heterocycles. The van der Waals surface area contributed by atoms with E-state index < -0.39 is 0 Å². The van der Waals surface area contributed by atoms with Crippen molar-refractivity contribution in [2.45, 2.75) is 25.8 Å². The lowest BCUT2D eigenvalue weighted by Crippen LogP contribution is -2.29. The van der Waals surface area contributed by atoms with Crippen LogP contribution in [0.25, 0.3) is 28.2 Å². The largest absolute Gasteiger partial charge is 0.346 e. The van der Waals surface area contributed by atoms with E-state index in [0.29, 0.717) is 11.6 Å². The van der Waals surface area contributed by atoms with Gasteiger partial charge in [0.25, 0.3) is 0 Å². The number of fused-ring (bicyclic) bond motifs is 1. The van der Waals surface area contributed by atoms with Gasteiger partial charge in [-0.15, -0.1) is 0 Å². The minimum absolute atomic E-state index is 0.442. The molecular weight excluding hydrogens is 384 g/mol. The van der Waals surface area contributed by atoms with Gasteiger partial charge in [-0.05, 0) is 50.6 Å². The van der Waals surface area contributed by atoms with Crippen LogP contribution in [0, 0.1) is 11.3 Å². The second-order valence-corrected chi connectivity index (χ2v) is 7.58. The van der Waals surface area contributed by atoms with E-state index in [-0.39, 0.29) is 0 Å². The molecule has 0 radical (unpaired) electrons. The van der Waals surface area contributed by atoms with Gasteiger partial charge in [0.05, 0.1) is 23.9 Å². The van der Waals surface area contributed by atoms with Gasteiger partial charge in [0, 0.05) is 40.7 Å². The van der Waals surface area contributed by atoms with Gasteiger partial charge in [-0.25, -0.2) is 4.98 Å². The van der Waals surface area contributed by atoms with Gasteiger partial charge in [-0.3, -0.25) is 4.68 Å². The number of pyridine rings is 1. The van der Waals surface area contributed by atoms with Crippen LogP contribution in [0.2, 0.25) is 0 Å². The lowest BCUT2D eigenvalue weighted by molar-refractivity contribution is 0.343. The number of nitrogens with zero attached hydrogens (tertiary/aromatic N) is 4. The predicted molar refractivity (Wildman–Crippen MR) is 125 cm³/mol. The lowest BCUT2D eigenvalue weighted by Gasteiger charge is -2.22. The lowest BCUT2D eigenvalue weighted by atomic mass is 10.0. The highest BCUT2D eigenvalue weighted by atomic mass is 15.3. The molecule has 0 atom stereocenters. The summed E-state index contributed by atoms with van der Waals surface area (Å²) in [6.07, 6.45) is 19.2. The van der Waals surface area contributed by atoms with Gasteiger partial charge in [0.15, 0.2) is 0 Å². The third-order valence-electron chi connectivity index (χ3n) is 5.56. The number of H-pyrrole nitrogens is 1. The molecule has 4 rings (SSSR count). The zero-order valence-electron chi connectivity index (χ0n) is 17.7. The van der Waals surface area contributed by atoms with Gasteiger partial charge in [-0.2, -0.15) is 10.4 Å². The van der Waals surface area contributed by atoms with Crippen molar-refractivity contribution in [3.63, 3.8) is 0 Å². The van der Waals surface area contributed by atoms with E-state index in [1.807, 2.05) is 49.8 Å². The van der Waals surface area contributed by atoms with Gasteiger partial charge >= 0.3 is 0 Å². The molecule has 31 heavy (non-hydrogen) atoms. The first-order valence-corrected chi connectivity index (χ1v) is 10.5. The third-order valence-corrected chi connectivity index (χ3v) is 5.56. The molecule has 4 heterocycles. The molecule has 1 saturated heterocycles. The zero-order valence-corrected chi connectivity index (χ0v) is 17.7. The number of aromatic amines is 1. The van der Waals surface area contributed by atoms with Crippen molar-refractivity contribution < 1.29 is 0 Å². The summed E-state index contributed by atoms with van der Waals surface area (Å²) in [6.45, 7) is 7.74. The first-order valence-electron chi connectivity index (χ1n) is 10.5. The van der Waals surface area contributed by atoms with E-state index in [2.05, 4.69) is 50.0 Å². The maximum absolute atomic E-state index is 9.71. The van der Waals surface area contributed by atoms with Crippen molar-refractivity contribution in [3.8, 4) is 17.2 Å². The molecule has 2 N–H and O–H groups in total. The maximum Gasteiger partial charge on any atom is 0.137 e. The number of nitriles is 1. The second kappa shape index (κ2) is 9.41. The molecular formula is C25H26N6. The smallest absolute Gasteiger partial charge is 0.137 e. The molecule has 1 aliphatic rings. The van der Waals surface area contributed by atoms with Crippen LogP contribution in [0.5, 0.6) is 0 Å². The van der Waals surface area contributed by atoms with Crippen LogP contribution in [-0.2, 0) is 0 Å². The van der Waals surface area contributed by atoms with Crippen molar-refractivity contribution in [2.24, 2.45) is 0 Å². The van der Waals surface area contributed by atoms with E-state index in [9.17, 15) is 5.26 Å². The first kappa shape index (κ1) is 20.6. The third kappa shape index (κ3) is 4.42. The summed E-state index contributed by atoms with van der Waals surface area (Å²) in [5.41, 5.74) is 5.16. The van der Waals surface area contributed by atoms with E-state index in [4.69, 9.17) is 0 Å². The molecule has 0 spiro atoms. The molecule has 6 nitrogen and oxygen atoms in total. The Balaban J connectivity index is 1.70. The van der Waals surface area contributed by atoms with E-state index >= 15 is 0 Å². The Hall–Kier alpha value is -3.69. The molecule has 3 aromatic heterocycles. The highest BCUT2D eigenvalue weighted by Crippen LogP contribution is 2.28. The van der Waals surface area contributed by atoms with Gasteiger partial charge in [-0.1, -0.05) is 30.9 Å². The van der Waals surface area contributed by atoms with Crippen LogP contribution in [0.3, 0.4) is 0 Å². The molecule has 0 amide bonds. The summed E-state index contributed by atoms with van der Waals surface area (Å²) in [5.74, 6) is 0. The Kier molecular flexibility index (Phi) is 6.25. The van der Waals surface area contributed by atoms with Crippen LogP contribution >= 0.6 is 0 Å². The molecule has 0 saturated carbocycles. The normalized spacial score (nSPS) is 16.1. The minimum atomic E-state index is 0.442. The topological polar surface area (TPSA) is 82.3 Å². The quantitative estimate of drug-likeness (QED) is 0.445. The number of hydrogen-bond acceptors (Lipinski definition) is 4. The average molecular weight is 411 g/mol. The van der Waals surface area contributed by atoms with E-state index in [0.717, 1.165) is 59.2 Å². The molecule has 6 heteroatoms. The molecule has 156 valence electrons. The van der Waals surface area contributed by atoms with Crippen LogP contribution in [0.1, 0.15) is 31.4 Å². The minimum Gasteiger partial charge on any atom is -0.346 e. The number of rotatable bonds is 6. The summed E-state index contributed by atoms with van der Waals surface area (Å²) < 4.78 is 2.08. The van der Waals surface area contributed by atoms with Gasteiger partial charge in [0.2, 0.25) is 0 Å². The fraction of sp³-hybridized carbons (Fsp3) is 0.240. The molecule has 0 aromatic carbocycles. The summed E-state index contributed by atoms with van der Waals surface area (Å²) in [6, 6.07) is 4.85. The van der Waals surface area contributed by atoms with Crippen molar-refractivity contribution in [3.05, 3.63) is 78.4 Å². The van der Waals surface area contributed by atoms with Crippen molar-refractivity contribution >= 4 is 17.1 Å². The molecule has 1 fully saturated rings.